The average Bonchev–Trinajstić information content (AvgIpc) is 2.29. The number of Topliss-reactive ketones (excluding diaryl/α,β-unsaturated/α-hetero) is 1. The monoisotopic (exact) mass is 315 g/mol. The molecule has 128 valence electrons. The molecule has 0 saturated heterocycles. The number of carboxylic acid groups (broad SMARTS) is 1. The Labute approximate surface area is 132 Å². The number of amides is 1. The fourth-order valence-electron chi connectivity index (χ4n) is 2.01. The second-order valence-electron chi connectivity index (χ2n) is 7.23. The van der Waals surface area contributed by atoms with Gasteiger partial charge in [-0.05, 0) is 32.6 Å². The lowest BCUT2D eigenvalue weighted by Crippen LogP contribution is -2.47. The highest BCUT2D eigenvalue weighted by Crippen LogP contribution is 2.19. The SMILES string of the molecule is CC(C)C(CC(=O)[C@@H](NC(=O)OC(C)(C)C)C(C)C)C(=O)O. The third kappa shape index (κ3) is 7.43. The fraction of sp³-hybridized carbons (Fsp3) is 0.812. The molecular weight excluding hydrogens is 286 g/mol. The van der Waals surface area contributed by atoms with Gasteiger partial charge in [-0.3, -0.25) is 9.59 Å². The van der Waals surface area contributed by atoms with Crippen LogP contribution in [0.1, 0.15) is 54.9 Å². The van der Waals surface area contributed by atoms with Gasteiger partial charge in [-0.2, -0.15) is 0 Å². The molecule has 0 saturated carbocycles. The zero-order valence-corrected chi connectivity index (χ0v) is 14.6. The molecule has 0 fully saturated rings. The third-order valence-electron chi connectivity index (χ3n) is 3.23. The summed E-state index contributed by atoms with van der Waals surface area (Å²) in [6.07, 6.45) is -0.776. The topological polar surface area (TPSA) is 92.7 Å². The number of ketones is 1. The maximum absolute atomic E-state index is 12.4. The Morgan fingerprint density at radius 3 is 1.86 bits per heavy atom. The van der Waals surface area contributed by atoms with Gasteiger partial charge in [0.25, 0.3) is 0 Å². The van der Waals surface area contributed by atoms with Gasteiger partial charge < -0.3 is 15.2 Å². The Balaban J connectivity index is 4.92. The molecule has 0 aliphatic carbocycles. The molecule has 0 aliphatic rings. The molecule has 0 aromatic heterocycles. The minimum Gasteiger partial charge on any atom is -0.481 e. The van der Waals surface area contributed by atoms with E-state index in [0.717, 1.165) is 0 Å². The summed E-state index contributed by atoms with van der Waals surface area (Å²) >= 11 is 0. The molecule has 6 heteroatoms. The van der Waals surface area contributed by atoms with Gasteiger partial charge >= 0.3 is 12.1 Å². The predicted molar refractivity (Wildman–Crippen MR) is 83.6 cm³/mol. The first-order valence-corrected chi connectivity index (χ1v) is 7.60. The van der Waals surface area contributed by atoms with Crippen LogP contribution in [0.2, 0.25) is 0 Å². The smallest absolute Gasteiger partial charge is 0.408 e. The number of ether oxygens (including phenoxy) is 1. The Morgan fingerprint density at radius 1 is 1.05 bits per heavy atom. The van der Waals surface area contributed by atoms with Gasteiger partial charge in [-0.1, -0.05) is 27.7 Å². The molecule has 22 heavy (non-hydrogen) atoms. The molecule has 6 nitrogen and oxygen atoms in total. The first-order chi connectivity index (χ1) is 9.85. The normalized spacial score (nSPS) is 14.6. The number of carboxylic acids is 1. The summed E-state index contributed by atoms with van der Waals surface area (Å²) in [6.45, 7) is 12.3. The van der Waals surface area contributed by atoms with Crippen molar-refractivity contribution in [2.45, 2.75) is 66.5 Å². The Hall–Kier alpha value is -1.59. The summed E-state index contributed by atoms with van der Waals surface area (Å²) in [4.78, 5) is 35.4. The van der Waals surface area contributed by atoms with Crippen molar-refractivity contribution in [2.75, 3.05) is 0 Å². The third-order valence-corrected chi connectivity index (χ3v) is 3.23. The van der Waals surface area contributed by atoms with Crippen LogP contribution in [-0.2, 0) is 14.3 Å². The molecule has 0 spiro atoms. The number of carbonyl (C=O) groups excluding carboxylic acids is 2. The van der Waals surface area contributed by atoms with Gasteiger partial charge in [0.05, 0.1) is 12.0 Å². The standard InChI is InChI=1S/C16H29NO5/c1-9(2)11(14(19)20)8-12(18)13(10(3)4)17-15(21)22-16(5,6)7/h9-11,13H,8H2,1-7H3,(H,17,21)(H,19,20)/t11?,13-/m0/s1. The highest BCUT2D eigenvalue weighted by atomic mass is 16.6. The molecule has 0 aromatic rings. The summed E-state index contributed by atoms with van der Waals surface area (Å²) in [5.74, 6) is -2.35. The van der Waals surface area contributed by atoms with Crippen molar-refractivity contribution in [1.82, 2.24) is 5.32 Å². The number of aliphatic carboxylic acids is 1. The van der Waals surface area contributed by atoms with Gasteiger partial charge in [0, 0.05) is 6.42 Å². The largest absolute Gasteiger partial charge is 0.481 e. The molecule has 0 radical (unpaired) electrons. The quantitative estimate of drug-likeness (QED) is 0.753. The van der Waals surface area contributed by atoms with Crippen LogP contribution in [0, 0.1) is 17.8 Å². The molecule has 1 unspecified atom stereocenters. The Bertz CT molecular complexity index is 409. The van der Waals surface area contributed by atoms with Crippen LogP contribution in [0.4, 0.5) is 4.79 Å². The van der Waals surface area contributed by atoms with E-state index < -0.39 is 29.6 Å². The lowest BCUT2D eigenvalue weighted by molar-refractivity contribution is -0.145. The van der Waals surface area contributed by atoms with E-state index in [1.165, 1.54) is 0 Å². The van der Waals surface area contributed by atoms with Crippen LogP contribution < -0.4 is 5.32 Å². The Kier molecular flexibility index (Phi) is 7.56. The summed E-state index contributed by atoms with van der Waals surface area (Å²) in [5, 5.41) is 11.7. The molecule has 0 aliphatic heterocycles. The van der Waals surface area contributed by atoms with E-state index in [-0.39, 0.29) is 24.0 Å². The molecular formula is C16H29NO5. The van der Waals surface area contributed by atoms with E-state index in [1.807, 2.05) is 0 Å². The van der Waals surface area contributed by atoms with E-state index >= 15 is 0 Å². The van der Waals surface area contributed by atoms with Crippen molar-refractivity contribution in [3.63, 3.8) is 0 Å². The lowest BCUT2D eigenvalue weighted by Gasteiger charge is -2.26. The lowest BCUT2D eigenvalue weighted by atomic mass is 9.86. The number of hydrogen-bond acceptors (Lipinski definition) is 4. The highest BCUT2D eigenvalue weighted by Gasteiger charge is 2.31. The highest BCUT2D eigenvalue weighted by molar-refractivity contribution is 5.90. The van der Waals surface area contributed by atoms with Crippen LogP contribution in [0.3, 0.4) is 0 Å². The summed E-state index contributed by atoms with van der Waals surface area (Å²) in [7, 11) is 0. The van der Waals surface area contributed by atoms with E-state index in [9.17, 15) is 19.5 Å². The first-order valence-electron chi connectivity index (χ1n) is 7.60. The molecule has 1 amide bonds. The van der Waals surface area contributed by atoms with Gasteiger partial charge in [-0.15, -0.1) is 0 Å². The number of nitrogens with one attached hydrogen (secondary N) is 1. The molecule has 2 atom stereocenters. The number of alkyl carbamates (subject to hydrolysis) is 1. The van der Waals surface area contributed by atoms with Crippen molar-refractivity contribution < 1.29 is 24.2 Å². The summed E-state index contributed by atoms with van der Waals surface area (Å²) in [5.41, 5.74) is -0.657. The molecule has 0 rings (SSSR count). The van der Waals surface area contributed by atoms with E-state index in [1.54, 1.807) is 48.5 Å². The predicted octanol–water partition coefficient (Wildman–Crippen LogP) is 2.85. The van der Waals surface area contributed by atoms with Crippen molar-refractivity contribution >= 4 is 17.8 Å². The van der Waals surface area contributed by atoms with E-state index in [2.05, 4.69) is 5.32 Å². The van der Waals surface area contributed by atoms with Crippen molar-refractivity contribution in [3.05, 3.63) is 0 Å². The average molecular weight is 315 g/mol. The molecule has 2 N–H and O–H groups in total. The minimum atomic E-state index is -0.997. The summed E-state index contributed by atoms with van der Waals surface area (Å²) < 4.78 is 5.15. The first kappa shape index (κ1) is 20.4. The molecule has 0 aromatic carbocycles. The zero-order chi connectivity index (χ0) is 17.7. The van der Waals surface area contributed by atoms with Gasteiger partial charge in [0.1, 0.15) is 5.60 Å². The second kappa shape index (κ2) is 8.15. The van der Waals surface area contributed by atoms with E-state index in [4.69, 9.17) is 4.74 Å². The van der Waals surface area contributed by atoms with Crippen molar-refractivity contribution in [3.8, 4) is 0 Å². The van der Waals surface area contributed by atoms with Crippen LogP contribution >= 0.6 is 0 Å². The van der Waals surface area contributed by atoms with Gasteiger partial charge in [0.2, 0.25) is 0 Å². The van der Waals surface area contributed by atoms with Gasteiger partial charge in [0.15, 0.2) is 5.78 Å². The van der Waals surface area contributed by atoms with Crippen LogP contribution in [0.5, 0.6) is 0 Å². The van der Waals surface area contributed by atoms with Crippen LogP contribution in [0.15, 0.2) is 0 Å². The van der Waals surface area contributed by atoms with E-state index in [0.29, 0.717) is 0 Å². The molecule has 0 heterocycles. The number of hydrogen-bond donors (Lipinski definition) is 2. The van der Waals surface area contributed by atoms with Crippen molar-refractivity contribution in [1.29, 1.82) is 0 Å². The van der Waals surface area contributed by atoms with Crippen LogP contribution in [-0.4, -0.2) is 34.6 Å². The maximum atomic E-state index is 12.4. The zero-order valence-electron chi connectivity index (χ0n) is 14.6. The molecule has 0 bridgehead atoms. The van der Waals surface area contributed by atoms with Crippen molar-refractivity contribution in [2.24, 2.45) is 17.8 Å². The van der Waals surface area contributed by atoms with Gasteiger partial charge in [-0.25, -0.2) is 4.79 Å². The Morgan fingerprint density at radius 2 is 1.55 bits per heavy atom. The minimum absolute atomic E-state index is 0.106. The summed E-state index contributed by atoms with van der Waals surface area (Å²) in [6, 6.07) is -0.754. The second-order valence-corrected chi connectivity index (χ2v) is 7.23. The van der Waals surface area contributed by atoms with Crippen LogP contribution in [0.25, 0.3) is 0 Å². The fourth-order valence-corrected chi connectivity index (χ4v) is 2.01. The number of carbonyl (C=O) groups is 3. The maximum Gasteiger partial charge on any atom is 0.408 e. The number of rotatable bonds is 7.